The summed E-state index contributed by atoms with van der Waals surface area (Å²) in [5.74, 6) is -0.123. The number of aromatic nitrogens is 2. The van der Waals surface area contributed by atoms with Crippen LogP contribution in [-0.4, -0.2) is 29.3 Å². The van der Waals surface area contributed by atoms with Gasteiger partial charge < -0.3 is 14.0 Å². The second-order valence-electron chi connectivity index (χ2n) is 8.35. The molecule has 0 saturated heterocycles. The molecule has 4 aromatic rings. The Bertz CT molecular complexity index is 1820. The van der Waals surface area contributed by atoms with Crippen LogP contribution in [0.4, 0.5) is 0 Å². The Balaban J connectivity index is 1.79. The van der Waals surface area contributed by atoms with Crippen molar-refractivity contribution in [3.8, 4) is 11.8 Å². The van der Waals surface area contributed by atoms with Crippen molar-refractivity contribution >= 4 is 45.9 Å². The van der Waals surface area contributed by atoms with Crippen molar-refractivity contribution < 1.29 is 14.3 Å². The lowest BCUT2D eigenvalue weighted by Crippen LogP contribution is -2.40. The Kier molecular flexibility index (Phi) is 6.46. The van der Waals surface area contributed by atoms with Crippen LogP contribution < -0.4 is 19.6 Å². The molecule has 1 atom stereocenters. The second-order valence-corrected chi connectivity index (χ2v) is 9.79. The molecule has 186 valence electrons. The SMILES string of the molecule is COC(=O)C1=C(C)N=c2s/c(=C\c3cn(CC#N)c4ccccc34)c(=O)n2[C@H]1c1cc(Cl)ccc1OC. The molecule has 37 heavy (non-hydrogen) atoms. The Morgan fingerprint density at radius 2 is 2.05 bits per heavy atom. The van der Waals surface area contributed by atoms with E-state index in [-0.39, 0.29) is 17.7 Å². The van der Waals surface area contributed by atoms with Crippen LogP contribution >= 0.6 is 22.9 Å². The number of thiazole rings is 1. The normalized spacial score (nSPS) is 15.3. The summed E-state index contributed by atoms with van der Waals surface area (Å²) in [5, 5.41) is 10.6. The van der Waals surface area contributed by atoms with Gasteiger partial charge in [-0.05, 0) is 37.3 Å². The molecule has 2 aromatic carbocycles. The average molecular weight is 533 g/mol. The van der Waals surface area contributed by atoms with Crippen LogP contribution in [0.2, 0.25) is 5.02 Å². The zero-order chi connectivity index (χ0) is 26.3. The molecule has 0 radical (unpaired) electrons. The van der Waals surface area contributed by atoms with Crippen molar-refractivity contribution in [3.63, 3.8) is 0 Å². The van der Waals surface area contributed by atoms with Crippen LogP contribution in [-0.2, 0) is 16.1 Å². The molecule has 1 aliphatic heterocycles. The number of rotatable bonds is 5. The largest absolute Gasteiger partial charge is 0.496 e. The maximum absolute atomic E-state index is 13.9. The van der Waals surface area contributed by atoms with E-state index in [9.17, 15) is 14.9 Å². The summed E-state index contributed by atoms with van der Waals surface area (Å²) < 4.78 is 14.4. The number of ether oxygens (including phenoxy) is 2. The summed E-state index contributed by atoms with van der Waals surface area (Å²) in [6.07, 6.45) is 3.65. The van der Waals surface area contributed by atoms with Gasteiger partial charge in [0.15, 0.2) is 4.80 Å². The summed E-state index contributed by atoms with van der Waals surface area (Å²) in [6.45, 7) is 1.90. The number of halogens is 1. The Morgan fingerprint density at radius 3 is 2.78 bits per heavy atom. The van der Waals surface area contributed by atoms with E-state index in [2.05, 4.69) is 11.1 Å². The number of nitrogens with zero attached hydrogens (tertiary/aromatic N) is 4. The van der Waals surface area contributed by atoms with Crippen LogP contribution in [0, 0.1) is 11.3 Å². The minimum atomic E-state index is -0.848. The van der Waals surface area contributed by atoms with E-state index < -0.39 is 12.0 Å². The molecule has 0 N–H and O–H groups in total. The van der Waals surface area contributed by atoms with Crippen LogP contribution in [0.15, 0.2) is 69.7 Å². The number of nitriles is 1. The quantitative estimate of drug-likeness (QED) is 0.366. The van der Waals surface area contributed by atoms with Crippen LogP contribution in [0.5, 0.6) is 5.75 Å². The lowest BCUT2D eigenvalue weighted by atomic mass is 9.95. The third-order valence-electron chi connectivity index (χ3n) is 6.26. The van der Waals surface area contributed by atoms with Crippen LogP contribution in [0.3, 0.4) is 0 Å². The number of benzene rings is 2. The number of hydrogen-bond donors (Lipinski definition) is 0. The highest BCUT2D eigenvalue weighted by Gasteiger charge is 2.35. The number of fused-ring (bicyclic) bond motifs is 2. The average Bonchev–Trinajstić information content (AvgIpc) is 3.40. The summed E-state index contributed by atoms with van der Waals surface area (Å²) in [7, 11) is 2.80. The number of allylic oxidation sites excluding steroid dienone is 1. The first kappa shape index (κ1) is 24.6. The fourth-order valence-corrected chi connectivity index (χ4v) is 5.86. The molecule has 0 spiro atoms. The van der Waals surface area contributed by atoms with Gasteiger partial charge in [-0.3, -0.25) is 9.36 Å². The van der Waals surface area contributed by atoms with Gasteiger partial charge in [0.1, 0.15) is 18.3 Å². The van der Waals surface area contributed by atoms with Gasteiger partial charge in [0.05, 0.1) is 36.1 Å². The predicted molar refractivity (Wildman–Crippen MR) is 141 cm³/mol. The van der Waals surface area contributed by atoms with Crippen molar-refractivity contribution in [1.82, 2.24) is 9.13 Å². The van der Waals surface area contributed by atoms with E-state index in [1.54, 1.807) is 31.2 Å². The minimum absolute atomic E-state index is 0.186. The summed E-state index contributed by atoms with van der Waals surface area (Å²) in [4.78, 5) is 31.8. The van der Waals surface area contributed by atoms with E-state index in [4.69, 9.17) is 21.1 Å². The molecule has 0 amide bonds. The predicted octanol–water partition coefficient (Wildman–Crippen LogP) is 3.55. The van der Waals surface area contributed by atoms with Gasteiger partial charge in [-0.15, -0.1) is 0 Å². The second kappa shape index (κ2) is 9.73. The minimum Gasteiger partial charge on any atom is -0.496 e. The summed E-state index contributed by atoms with van der Waals surface area (Å²) >= 11 is 7.55. The van der Waals surface area contributed by atoms with E-state index in [0.29, 0.717) is 31.4 Å². The first-order valence-corrected chi connectivity index (χ1v) is 12.5. The van der Waals surface area contributed by atoms with Crippen molar-refractivity contribution in [2.24, 2.45) is 4.99 Å². The van der Waals surface area contributed by atoms with E-state index in [1.165, 1.54) is 30.1 Å². The van der Waals surface area contributed by atoms with Crippen molar-refractivity contribution in [2.75, 3.05) is 14.2 Å². The summed E-state index contributed by atoms with van der Waals surface area (Å²) in [5.41, 5.74) is 2.60. The van der Waals surface area contributed by atoms with Gasteiger partial charge in [0.2, 0.25) is 0 Å². The molecule has 1 aliphatic rings. The van der Waals surface area contributed by atoms with Gasteiger partial charge in [-0.2, -0.15) is 5.26 Å². The van der Waals surface area contributed by atoms with Gasteiger partial charge in [-0.25, -0.2) is 9.79 Å². The molecule has 0 aliphatic carbocycles. The lowest BCUT2D eigenvalue weighted by molar-refractivity contribution is -0.136. The number of methoxy groups -OCH3 is 2. The molecule has 0 bridgehead atoms. The maximum atomic E-state index is 13.9. The van der Waals surface area contributed by atoms with Crippen LogP contribution in [0.25, 0.3) is 17.0 Å². The third kappa shape index (κ3) is 4.14. The van der Waals surface area contributed by atoms with Crippen molar-refractivity contribution in [1.29, 1.82) is 5.26 Å². The highest BCUT2D eigenvalue weighted by atomic mass is 35.5. The van der Waals surface area contributed by atoms with E-state index in [1.807, 2.05) is 35.0 Å². The fourth-order valence-electron chi connectivity index (χ4n) is 4.64. The standard InChI is InChI=1S/C27H21ClN4O4S/c1-15-23(26(34)36-3)24(19-13-17(28)8-9-21(19)35-2)32-25(33)22(37-27(32)30-15)12-16-14-31(11-10-29)20-7-5-4-6-18(16)20/h4-9,12-14,24H,11H2,1-3H3/b22-12-/t24-/m0/s1. The molecular weight excluding hydrogens is 512 g/mol. The van der Waals surface area contributed by atoms with Gasteiger partial charge in [0, 0.05) is 33.2 Å². The number of carbonyl (C=O) groups excluding carboxylic acids is 1. The number of esters is 1. The zero-order valence-electron chi connectivity index (χ0n) is 20.2. The van der Waals surface area contributed by atoms with Gasteiger partial charge in [-0.1, -0.05) is 41.1 Å². The molecule has 0 saturated carbocycles. The zero-order valence-corrected chi connectivity index (χ0v) is 21.8. The molecule has 0 unspecified atom stereocenters. The lowest BCUT2D eigenvalue weighted by Gasteiger charge is -2.25. The Hall–Kier alpha value is -4.13. The molecule has 2 aromatic heterocycles. The molecule has 0 fully saturated rings. The molecular formula is C27H21ClN4O4S. The number of para-hydroxylation sites is 1. The third-order valence-corrected chi connectivity index (χ3v) is 7.48. The maximum Gasteiger partial charge on any atom is 0.338 e. The number of carbonyl (C=O) groups is 1. The monoisotopic (exact) mass is 532 g/mol. The van der Waals surface area contributed by atoms with Gasteiger partial charge in [0.25, 0.3) is 5.56 Å². The first-order valence-electron chi connectivity index (χ1n) is 11.3. The van der Waals surface area contributed by atoms with E-state index >= 15 is 0 Å². The first-order chi connectivity index (χ1) is 17.9. The van der Waals surface area contributed by atoms with E-state index in [0.717, 1.165) is 16.5 Å². The molecule has 10 heteroatoms. The molecule has 5 rings (SSSR count). The number of hydrogen-bond acceptors (Lipinski definition) is 7. The highest BCUT2D eigenvalue weighted by Crippen LogP contribution is 2.37. The van der Waals surface area contributed by atoms with Crippen LogP contribution in [0.1, 0.15) is 24.1 Å². The Morgan fingerprint density at radius 1 is 1.27 bits per heavy atom. The highest BCUT2D eigenvalue weighted by molar-refractivity contribution is 7.07. The molecule has 8 nitrogen and oxygen atoms in total. The van der Waals surface area contributed by atoms with Crippen molar-refractivity contribution in [2.45, 2.75) is 19.5 Å². The smallest absolute Gasteiger partial charge is 0.338 e. The Labute approximate surface area is 220 Å². The van der Waals surface area contributed by atoms with Gasteiger partial charge >= 0.3 is 5.97 Å². The molecule has 3 heterocycles. The fraction of sp³-hybridized carbons (Fsp3) is 0.185. The topological polar surface area (TPSA) is 98.6 Å². The summed E-state index contributed by atoms with van der Waals surface area (Å²) in [6, 6.07) is 14.1. The van der Waals surface area contributed by atoms with Crippen molar-refractivity contribution in [3.05, 3.63) is 95.8 Å².